The highest BCUT2D eigenvalue weighted by Crippen LogP contribution is 2.39. The number of aromatic nitrogens is 3. The van der Waals surface area contributed by atoms with E-state index in [2.05, 4.69) is 32.6 Å². The molecule has 0 saturated carbocycles. The van der Waals surface area contributed by atoms with Crippen molar-refractivity contribution in [3.05, 3.63) is 101 Å². The van der Waals surface area contributed by atoms with Crippen LogP contribution in [0.25, 0.3) is 5.65 Å². The van der Waals surface area contributed by atoms with Crippen LogP contribution in [0.5, 0.6) is 0 Å². The average molecular weight is 503 g/mol. The van der Waals surface area contributed by atoms with Gasteiger partial charge in [-0.25, -0.2) is 9.50 Å². The van der Waals surface area contributed by atoms with Crippen LogP contribution in [0.1, 0.15) is 39.7 Å². The second-order valence-electron chi connectivity index (χ2n) is 8.52. The third-order valence-corrected chi connectivity index (χ3v) is 5.85. The molecule has 7 nitrogen and oxygen atoms in total. The molecule has 2 aromatic carbocycles. The first-order valence-electron chi connectivity index (χ1n) is 11.3. The van der Waals surface area contributed by atoms with Gasteiger partial charge in [-0.1, -0.05) is 12.0 Å². The smallest absolute Gasteiger partial charge is 0.370 e. The summed E-state index contributed by atoms with van der Waals surface area (Å²) in [5.74, 6) is 5.52. The number of alkyl halides is 3. The molecular weight excluding hydrogens is 481 g/mol. The Morgan fingerprint density at radius 3 is 2.70 bits per heavy atom. The normalized spacial score (nSPS) is 13.1. The fourth-order valence-corrected chi connectivity index (χ4v) is 3.93. The SMILES string of the molecule is CC1=CN(c2ccc(NC(=O)c3ccc(C)c(C#Cc4cnc5cccnn45)c3)cc2C(F)(F)F)CN1. The van der Waals surface area contributed by atoms with Gasteiger partial charge in [-0.2, -0.15) is 18.3 Å². The van der Waals surface area contributed by atoms with Crippen LogP contribution < -0.4 is 15.5 Å². The highest BCUT2D eigenvalue weighted by atomic mass is 19.4. The van der Waals surface area contributed by atoms with Gasteiger partial charge in [-0.15, -0.1) is 0 Å². The molecule has 2 aromatic heterocycles. The molecule has 0 unspecified atom stereocenters. The van der Waals surface area contributed by atoms with E-state index in [0.717, 1.165) is 17.3 Å². The minimum atomic E-state index is -4.60. The molecule has 1 aliphatic rings. The third kappa shape index (κ3) is 4.97. The van der Waals surface area contributed by atoms with Crippen LogP contribution >= 0.6 is 0 Å². The first-order chi connectivity index (χ1) is 17.7. The Labute approximate surface area is 210 Å². The Morgan fingerprint density at radius 2 is 1.95 bits per heavy atom. The van der Waals surface area contributed by atoms with Crippen LogP contribution in [0.4, 0.5) is 24.5 Å². The summed E-state index contributed by atoms with van der Waals surface area (Å²) in [6.07, 6.45) is 0.255. The summed E-state index contributed by atoms with van der Waals surface area (Å²) in [7, 11) is 0. The molecule has 0 bridgehead atoms. The number of hydrogen-bond donors (Lipinski definition) is 2. The number of benzene rings is 2. The van der Waals surface area contributed by atoms with Crippen molar-refractivity contribution in [1.29, 1.82) is 0 Å². The van der Waals surface area contributed by atoms with Crippen molar-refractivity contribution in [3.63, 3.8) is 0 Å². The molecule has 4 aromatic rings. The Morgan fingerprint density at radius 1 is 1.11 bits per heavy atom. The second kappa shape index (κ2) is 9.35. The highest BCUT2D eigenvalue weighted by molar-refractivity contribution is 6.04. The summed E-state index contributed by atoms with van der Waals surface area (Å²) in [4.78, 5) is 18.7. The number of anilines is 2. The summed E-state index contributed by atoms with van der Waals surface area (Å²) < 4.78 is 43.1. The molecule has 0 spiro atoms. The minimum absolute atomic E-state index is 0.00429. The van der Waals surface area contributed by atoms with E-state index in [-0.39, 0.29) is 23.6 Å². The van der Waals surface area contributed by atoms with Crippen molar-refractivity contribution in [3.8, 4) is 11.8 Å². The minimum Gasteiger partial charge on any atom is -0.370 e. The van der Waals surface area contributed by atoms with Crippen molar-refractivity contribution >= 4 is 22.9 Å². The van der Waals surface area contributed by atoms with Gasteiger partial charge in [0.15, 0.2) is 5.65 Å². The summed E-state index contributed by atoms with van der Waals surface area (Å²) >= 11 is 0. The van der Waals surface area contributed by atoms with E-state index in [9.17, 15) is 18.0 Å². The van der Waals surface area contributed by atoms with E-state index in [1.807, 2.05) is 13.0 Å². The van der Waals surface area contributed by atoms with E-state index >= 15 is 0 Å². The molecule has 1 amide bonds. The molecular formula is C27H21F3N6O. The molecule has 0 saturated heterocycles. The number of halogens is 3. The fourth-order valence-electron chi connectivity index (χ4n) is 3.93. The molecule has 186 valence electrons. The molecule has 0 aliphatic carbocycles. The van der Waals surface area contributed by atoms with Gasteiger partial charge in [0.25, 0.3) is 5.91 Å². The third-order valence-electron chi connectivity index (χ3n) is 5.85. The molecule has 1 aliphatic heterocycles. The van der Waals surface area contributed by atoms with E-state index in [1.54, 1.807) is 54.3 Å². The lowest BCUT2D eigenvalue weighted by atomic mass is 10.0. The van der Waals surface area contributed by atoms with E-state index in [1.165, 1.54) is 17.0 Å². The molecule has 5 rings (SSSR count). The summed E-state index contributed by atoms with van der Waals surface area (Å²) in [5, 5.41) is 9.79. The summed E-state index contributed by atoms with van der Waals surface area (Å²) in [5.41, 5.74) is 2.94. The first-order valence-corrected chi connectivity index (χ1v) is 11.3. The Balaban J connectivity index is 1.40. The van der Waals surface area contributed by atoms with Crippen LogP contribution in [-0.4, -0.2) is 27.2 Å². The lowest BCUT2D eigenvalue weighted by Gasteiger charge is -2.21. The Kier molecular flexibility index (Phi) is 6.05. The van der Waals surface area contributed by atoms with Crippen LogP contribution in [-0.2, 0) is 6.18 Å². The van der Waals surface area contributed by atoms with Gasteiger partial charge in [-0.05, 0) is 67.8 Å². The summed E-state index contributed by atoms with van der Waals surface area (Å²) in [6, 6.07) is 12.3. The number of rotatable bonds is 3. The number of aryl methyl sites for hydroxylation is 1. The quantitative estimate of drug-likeness (QED) is 0.389. The molecule has 37 heavy (non-hydrogen) atoms. The number of amides is 1. The van der Waals surface area contributed by atoms with Gasteiger partial charge in [-0.3, -0.25) is 4.79 Å². The lowest BCUT2D eigenvalue weighted by molar-refractivity contribution is -0.137. The van der Waals surface area contributed by atoms with Gasteiger partial charge >= 0.3 is 6.18 Å². The number of carbonyl (C=O) groups is 1. The zero-order valence-corrected chi connectivity index (χ0v) is 19.9. The molecule has 3 heterocycles. The van der Waals surface area contributed by atoms with Gasteiger partial charge in [0.05, 0.1) is 24.1 Å². The van der Waals surface area contributed by atoms with Crippen LogP contribution in [0.15, 0.2) is 72.8 Å². The van der Waals surface area contributed by atoms with E-state index in [4.69, 9.17) is 0 Å². The van der Waals surface area contributed by atoms with Crippen molar-refractivity contribution in [2.24, 2.45) is 0 Å². The fraction of sp³-hybridized carbons (Fsp3) is 0.148. The zero-order valence-electron chi connectivity index (χ0n) is 19.9. The Bertz CT molecular complexity index is 1610. The zero-order chi connectivity index (χ0) is 26.2. The van der Waals surface area contributed by atoms with E-state index < -0.39 is 17.6 Å². The van der Waals surface area contributed by atoms with E-state index in [0.29, 0.717) is 16.9 Å². The molecule has 0 radical (unpaired) electrons. The van der Waals surface area contributed by atoms with Crippen molar-refractivity contribution in [2.45, 2.75) is 20.0 Å². The number of nitrogens with one attached hydrogen (secondary N) is 2. The van der Waals surface area contributed by atoms with Gasteiger partial charge in [0.2, 0.25) is 0 Å². The lowest BCUT2D eigenvalue weighted by Crippen LogP contribution is -2.23. The summed E-state index contributed by atoms with van der Waals surface area (Å²) in [6.45, 7) is 3.87. The highest BCUT2D eigenvalue weighted by Gasteiger charge is 2.35. The predicted octanol–water partition coefficient (Wildman–Crippen LogP) is 4.94. The monoisotopic (exact) mass is 502 g/mol. The number of carbonyl (C=O) groups excluding carboxylic acids is 1. The van der Waals surface area contributed by atoms with Crippen LogP contribution in [0.3, 0.4) is 0 Å². The van der Waals surface area contributed by atoms with Gasteiger partial charge < -0.3 is 15.5 Å². The number of nitrogens with zero attached hydrogens (tertiary/aromatic N) is 4. The first kappa shape index (κ1) is 23.9. The maximum absolute atomic E-state index is 13.8. The largest absolute Gasteiger partial charge is 0.418 e. The average Bonchev–Trinajstić information content (AvgIpc) is 3.49. The number of fused-ring (bicyclic) bond motifs is 1. The number of hydrogen-bond acceptors (Lipinski definition) is 5. The topological polar surface area (TPSA) is 74.6 Å². The van der Waals surface area contributed by atoms with Crippen LogP contribution in [0.2, 0.25) is 0 Å². The maximum Gasteiger partial charge on any atom is 0.418 e. The standard InChI is InChI=1S/C27H21F3N6O/c1-17-5-6-20(12-19(17)7-9-22-14-31-25-4-3-11-33-36(22)25)26(37)34-21-8-10-24(23(13-21)27(28,29)30)35-15-18(2)32-16-35/h3-6,8,10-15,32H,16H2,1-2H3,(H,34,37). The van der Waals surface area contributed by atoms with Crippen LogP contribution in [0, 0.1) is 18.8 Å². The van der Waals surface area contributed by atoms with Crippen molar-refractivity contribution in [2.75, 3.05) is 16.9 Å². The number of imidazole rings is 1. The Hall–Kier alpha value is -4.78. The van der Waals surface area contributed by atoms with Crippen molar-refractivity contribution in [1.82, 2.24) is 19.9 Å². The molecule has 10 heteroatoms. The number of allylic oxidation sites excluding steroid dienone is 1. The molecule has 0 atom stereocenters. The maximum atomic E-state index is 13.8. The second-order valence-corrected chi connectivity index (χ2v) is 8.52. The van der Waals surface area contributed by atoms with Crippen molar-refractivity contribution < 1.29 is 18.0 Å². The van der Waals surface area contributed by atoms with Gasteiger partial charge in [0.1, 0.15) is 5.69 Å². The molecule has 0 fully saturated rings. The van der Waals surface area contributed by atoms with Gasteiger partial charge in [0, 0.05) is 34.9 Å². The predicted molar refractivity (Wildman–Crippen MR) is 134 cm³/mol. The molecule has 2 N–H and O–H groups in total.